The molecule has 22 heavy (non-hydrogen) atoms. The summed E-state index contributed by atoms with van der Waals surface area (Å²) in [5.74, 6) is 4.11. The molecule has 0 aromatic heterocycles. The fourth-order valence-corrected chi connectivity index (χ4v) is 2.67. The highest BCUT2D eigenvalue weighted by Gasteiger charge is 2.20. The van der Waals surface area contributed by atoms with Gasteiger partial charge in [-0.15, -0.1) is 11.8 Å². The van der Waals surface area contributed by atoms with E-state index in [1.165, 1.54) is 17.8 Å². The number of thioether (sulfide) groups is 1. The Balaban J connectivity index is 2.82. The van der Waals surface area contributed by atoms with Crippen LogP contribution in [0.1, 0.15) is 31.1 Å². The second kappa shape index (κ2) is 8.07. The molecule has 0 radical (unpaired) electrons. The van der Waals surface area contributed by atoms with Crippen molar-refractivity contribution < 1.29 is 14.7 Å². The molecule has 1 rings (SSSR count). The van der Waals surface area contributed by atoms with Crippen LogP contribution in [0.3, 0.4) is 0 Å². The van der Waals surface area contributed by atoms with Crippen LogP contribution in [-0.2, 0) is 4.79 Å². The van der Waals surface area contributed by atoms with Gasteiger partial charge < -0.3 is 5.11 Å². The molecule has 0 unspecified atom stereocenters. The molecule has 1 aromatic carbocycles. The van der Waals surface area contributed by atoms with Crippen molar-refractivity contribution in [1.82, 2.24) is 0 Å². The number of allylic oxidation sites excluding steroid dienone is 1. The Bertz CT molecular complexity index is 661. The number of hydrogen-bond acceptors (Lipinski definition) is 3. The summed E-state index contributed by atoms with van der Waals surface area (Å²) in [6, 6.07) is 4.66. The van der Waals surface area contributed by atoms with Gasteiger partial charge in [0, 0.05) is 21.6 Å². The van der Waals surface area contributed by atoms with Gasteiger partial charge in [0.25, 0.3) is 5.78 Å². The molecule has 0 atom stereocenters. The third-order valence-electron chi connectivity index (χ3n) is 2.38. The Kier molecular flexibility index (Phi) is 6.73. The molecule has 0 heterocycles. The minimum Gasteiger partial charge on any atom is -0.475 e. The minimum atomic E-state index is -1.49. The number of ketones is 1. The third kappa shape index (κ3) is 5.97. The summed E-state index contributed by atoms with van der Waals surface area (Å²) in [5.41, 5.74) is 0.0561. The van der Waals surface area contributed by atoms with Crippen LogP contribution in [0.15, 0.2) is 35.2 Å². The van der Waals surface area contributed by atoms with E-state index in [0.29, 0.717) is 15.7 Å². The molecule has 1 N–H and O–H groups in total. The summed E-state index contributed by atoms with van der Waals surface area (Å²) in [6.07, 6.45) is 3.59. The lowest BCUT2D eigenvalue weighted by Gasteiger charge is -2.07. The Morgan fingerprint density at radius 2 is 2.05 bits per heavy atom. The maximum absolute atomic E-state index is 11.7. The predicted octanol–water partition coefficient (Wildman–Crippen LogP) is 4.31. The maximum Gasteiger partial charge on any atom is 0.377 e. The SMILES string of the molecule is CC(C)(C)C#CC=CCSc1c(Cl)cccc1C(=O)C(=O)O. The maximum atomic E-state index is 11.7. The average molecular weight is 337 g/mol. The van der Waals surface area contributed by atoms with Gasteiger partial charge in [-0.3, -0.25) is 4.79 Å². The van der Waals surface area contributed by atoms with E-state index in [-0.39, 0.29) is 11.0 Å². The van der Waals surface area contributed by atoms with Crippen LogP contribution in [0, 0.1) is 17.3 Å². The van der Waals surface area contributed by atoms with Crippen molar-refractivity contribution >= 4 is 35.1 Å². The summed E-state index contributed by atoms with van der Waals surface area (Å²) in [6.45, 7) is 6.07. The molecule has 3 nitrogen and oxygen atoms in total. The van der Waals surface area contributed by atoms with Crippen molar-refractivity contribution in [2.45, 2.75) is 25.7 Å². The number of benzene rings is 1. The highest BCUT2D eigenvalue weighted by atomic mass is 35.5. The molecule has 0 aliphatic heterocycles. The van der Waals surface area contributed by atoms with E-state index < -0.39 is 11.8 Å². The summed E-state index contributed by atoms with van der Waals surface area (Å²) in [5, 5.41) is 9.20. The third-order valence-corrected chi connectivity index (χ3v) is 3.89. The molecule has 0 saturated carbocycles. The van der Waals surface area contributed by atoms with Crippen molar-refractivity contribution in [1.29, 1.82) is 0 Å². The minimum absolute atomic E-state index is 0.0543. The van der Waals surface area contributed by atoms with Crippen LogP contribution in [0.2, 0.25) is 5.02 Å². The van der Waals surface area contributed by atoms with Crippen molar-refractivity contribution in [3.8, 4) is 11.8 Å². The van der Waals surface area contributed by atoms with Crippen molar-refractivity contribution in [3.05, 3.63) is 40.9 Å². The second-order valence-corrected chi connectivity index (χ2v) is 6.92. The monoisotopic (exact) mass is 336 g/mol. The fourth-order valence-electron chi connectivity index (χ4n) is 1.45. The molecular weight excluding hydrogens is 320 g/mol. The normalized spacial score (nSPS) is 11.1. The average Bonchev–Trinajstić information content (AvgIpc) is 2.41. The van der Waals surface area contributed by atoms with Gasteiger partial charge in [-0.1, -0.05) is 35.6 Å². The van der Waals surface area contributed by atoms with Gasteiger partial charge in [-0.2, -0.15) is 0 Å². The Morgan fingerprint density at radius 3 is 2.64 bits per heavy atom. The molecule has 0 amide bonds. The Morgan fingerprint density at radius 1 is 1.36 bits per heavy atom. The molecule has 5 heteroatoms. The summed E-state index contributed by atoms with van der Waals surface area (Å²) < 4.78 is 0. The molecule has 0 aliphatic rings. The lowest BCUT2D eigenvalue weighted by atomic mass is 9.98. The number of aliphatic carboxylic acids is 1. The lowest BCUT2D eigenvalue weighted by Crippen LogP contribution is -2.13. The molecule has 0 bridgehead atoms. The number of hydrogen-bond donors (Lipinski definition) is 1. The van der Waals surface area contributed by atoms with E-state index in [9.17, 15) is 9.59 Å². The standard InChI is InChI=1S/C17H17ClO3S/c1-17(2,3)10-5-4-6-11-22-15-12(14(19)16(20)21)8-7-9-13(15)18/h4,6-9H,11H2,1-3H3,(H,20,21). The van der Waals surface area contributed by atoms with Gasteiger partial charge in [-0.25, -0.2) is 4.79 Å². The van der Waals surface area contributed by atoms with Crippen LogP contribution in [0.5, 0.6) is 0 Å². The molecule has 116 valence electrons. The Hall–Kier alpha value is -1.70. The molecule has 0 fully saturated rings. The lowest BCUT2D eigenvalue weighted by molar-refractivity contribution is -0.131. The number of halogens is 1. The van der Waals surface area contributed by atoms with Gasteiger partial charge >= 0.3 is 5.97 Å². The van der Waals surface area contributed by atoms with E-state index in [1.54, 1.807) is 18.2 Å². The van der Waals surface area contributed by atoms with Gasteiger partial charge in [-0.05, 0) is 39.0 Å². The fraction of sp³-hybridized carbons (Fsp3) is 0.294. The van der Waals surface area contributed by atoms with E-state index in [1.807, 2.05) is 26.8 Å². The number of carbonyl (C=O) groups is 2. The Labute approximate surface area is 139 Å². The van der Waals surface area contributed by atoms with Crippen molar-refractivity contribution in [2.75, 3.05) is 5.75 Å². The van der Waals surface area contributed by atoms with Gasteiger partial charge in [0.05, 0.1) is 5.02 Å². The van der Waals surface area contributed by atoms with Gasteiger partial charge in [0.15, 0.2) is 0 Å². The first-order chi connectivity index (χ1) is 10.2. The topological polar surface area (TPSA) is 54.4 Å². The quantitative estimate of drug-likeness (QED) is 0.377. The first kappa shape index (κ1) is 18.3. The molecule has 0 spiro atoms. The van der Waals surface area contributed by atoms with E-state index >= 15 is 0 Å². The van der Waals surface area contributed by atoms with E-state index in [4.69, 9.17) is 16.7 Å². The van der Waals surface area contributed by atoms with Crippen LogP contribution >= 0.6 is 23.4 Å². The van der Waals surface area contributed by atoms with E-state index in [0.717, 1.165) is 0 Å². The zero-order valence-corrected chi connectivity index (χ0v) is 14.2. The second-order valence-electron chi connectivity index (χ2n) is 5.48. The van der Waals surface area contributed by atoms with Crippen LogP contribution in [0.4, 0.5) is 0 Å². The van der Waals surface area contributed by atoms with E-state index in [2.05, 4.69) is 11.8 Å². The largest absolute Gasteiger partial charge is 0.475 e. The molecule has 0 saturated heterocycles. The predicted molar refractivity (Wildman–Crippen MR) is 90.5 cm³/mol. The first-order valence-electron chi connectivity index (χ1n) is 6.59. The number of carbonyl (C=O) groups excluding carboxylic acids is 1. The van der Waals surface area contributed by atoms with Crippen LogP contribution in [0.25, 0.3) is 0 Å². The summed E-state index contributed by atoms with van der Waals surface area (Å²) in [7, 11) is 0. The first-order valence-corrected chi connectivity index (χ1v) is 7.95. The summed E-state index contributed by atoms with van der Waals surface area (Å²) in [4.78, 5) is 23.0. The zero-order chi connectivity index (χ0) is 16.8. The van der Waals surface area contributed by atoms with Gasteiger partial charge in [0.2, 0.25) is 0 Å². The van der Waals surface area contributed by atoms with Crippen molar-refractivity contribution in [2.24, 2.45) is 5.41 Å². The number of Topliss-reactive ketones (excluding diaryl/α,β-unsaturated/α-hetero) is 1. The number of carboxylic acid groups (broad SMARTS) is 1. The zero-order valence-electron chi connectivity index (χ0n) is 12.6. The molecular formula is C17H17ClO3S. The highest BCUT2D eigenvalue weighted by molar-refractivity contribution is 7.99. The number of rotatable bonds is 5. The van der Waals surface area contributed by atoms with Crippen molar-refractivity contribution in [3.63, 3.8) is 0 Å². The molecule has 1 aromatic rings. The van der Waals surface area contributed by atoms with Crippen LogP contribution in [-0.4, -0.2) is 22.6 Å². The summed E-state index contributed by atoms with van der Waals surface area (Å²) >= 11 is 7.37. The highest BCUT2D eigenvalue weighted by Crippen LogP contribution is 2.31. The number of carboxylic acids is 1. The van der Waals surface area contributed by atoms with Crippen LogP contribution < -0.4 is 0 Å². The van der Waals surface area contributed by atoms with Gasteiger partial charge in [0.1, 0.15) is 0 Å². The molecule has 0 aliphatic carbocycles. The smallest absolute Gasteiger partial charge is 0.377 e.